The van der Waals surface area contributed by atoms with Crippen molar-refractivity contribution in [2.75, 3.05) is 6.79 Å². The molecule has 0 aliphatic carbocycles. The van der Waals surface area contributed by atoms with E-state index in [0.29, 0.717) is 5.75 Å². The van der Waals surface area contributed by atoms with Crippen LogP contribution >= 0.6 is 0 Å². The smallest absolute Gasteiger partial charge is 0.370 e. The third-order valence-electron chi connectivity index (χ3n) is 3.15. The summed E-state index contributed by atoms with van der Waals surface area (Å²) in [5.74, 6) is -1.23. The molecule has 0 fully saturated rings. The summed E-state index contributed by atoms with van der Waals surface area (Å²) in [4.78, 5) is 23.7. The van der Waals surface area contributed by atoms with Crippen molar-refractivity contribution in [3.63, 3.8) is 0 Å². The number of carbonyl (C=O) groups is 2. The Morgan fingerprint density at radius 2 is 2.05 bits per heavy atom. The van der Waals surface area contributed by atoms with E-state index in [1.54, 1.807) is 34.3 Å². The fraction of sp³-hybridized carbons (Fsp3) is 0.467. The minimum absolute atomic E-state index is 0.0553. The molecule has 7 heteroatoms. The second-order valence-corrected chi connectivity index (χ2v) is 6.00. The first-order valence-corrected chi connectivity index (χ1v) is 6.98. The Morgan fingerprint density at radius 3 is 2.73 bits per heavy atom. The lowest BCUT2D eigenvalue weighted by atomic mass is 9.85. The number of rotatable bonds is 3. The van der Waals surface area contributed by atoms with E-state index in [9.17, 15) is 14.7 Å². The van der Waals surface area contributed by atoms with Gasteiger partial charge in [0.25, 0.3) is 0 Å². The first kappa shape index (κ1) is 16.2. The van der Waals surface area contributed by atoms with Crippen LogP contribution in [0.3, 0.4) is 0 Å². The van der Waals surface area contributed by atoms with Crippen molar-refractivity contribution in [2.45, 2.75) is 33.5 Å². The summed E-state index contributed by atoms with van der Waals surface area (Å²) in [7, 11) is 1.57. The predicted molar refractivity (Wildman–Crippen MR) is 78.8 cm³/mol. The Bertz CT molecular complexity index is 590. The molecular weight excluding hydrogens is 287 g/mol. The lowest BCUT2D eigenvalue weighted by Crippen LogP contribution is -2.25. The van der Waals surface area contributed by atoms with E-state index in [0.717, 1.165) is 18.3 Å². The number of aryl methyl sites for hydroxylation is 1. The van der Waals surface area contributed by atoms with Crippen molar-refractivity contribution in [3.8, 4) is 11.5 Å². The molecule has 2 rings (SSSR count). The summed E-state index contributed by atoms with van der Waals surface area (Å²) in [5, 5.41) is 9.87. The van der Waals surface area contributed by atoms with Crippen LogP contribution in [0.4, 0.5) is 0 Å². The van der Waals surface area contributed by atoms with Gasteiger partial charge in [-0.1, -0.05) is 6.07 Å². The molecule has 1 aliphatic heterocycles. The van der Waals surface area contributed by atoms with Crippen molar-refractivity contribution >= 4 is 19.4 Å². The van der Waals surface area contributed by atoms with Crippen LogP contribution in [0.2, 0.25) is 6.32 Å². The lowest BCUT2D eigenvalue weighted by Gasteiger charge is -2.20. The normalized spacial score (nSPS) is 13.4. The van der Waals surface area contributed by atoms with Crippen LogP contribution in [0.1, 0.15) is 36.7 Å². The van der Waals surface area contributed by atoms with Gasteiger partial charge in [0, 0.05) is 0 Å². The summed E-state index contributed by atoms with van der Waals surface area (Å²) in [6, 6.07) is 3.12. The van der Waals surface area contributed by atoms with Gasteiger partial charge in [0.2, 0.25) is 6.79 Å². The summed E-state index contributed by atoms with van der Waals surface area (Å²) >= 11 is 0. The SMILES string of the molecule is CC(C)(C)C(=O)OCOC(=O)c1c(O)ccc2c1O[B]CC2. The van der Waals surface area contributed by atoms with Gasteiger partial charge in [0.1, 0.15) is 17.1 Å². The van der Waals surface area contributed by atoms with E-state index in [4.69, 9.17) is 14.1 Å². The van der Waals surface area contributed by atoms with Gasteiger partial charge in [0.05, 0.1) is 5.41 Å². The molecule has 0 aromatic heterocycles. The van der Waals surface area contributed by atoms with E-state index in [1.807, 2.05) is 0 Å². The number of aromatic hydroxyl groups is 1. The summed E-state index contributed by atoms with van der Waals surface area (Å²) < 4.78 is 15.1. The zero-order valence-corrected chi connectivity index (χ0v) is 12.8. The van der Waals surface area contributed by atoms with Crippen molar-refractivity contribution < 1.29 is 28.8 Å². The predicted octanol–water partition coefficient (Wildman–Crippen LogP) is 2.07. The monoisotopic (exact) mass is 305 g/mol. The van der Waals surface area contributed by atoms with Crippen LogP contribution in [0.25, 0.3) is 0 Å². The maximum atomic E-state index is 12.1. The molecule has 0 bridgehead atoms. The van der Waals surface area contributed by atoms with Crippen LogP contribution in [-0.2, 0) is 20.7 Å². The van der Waals surface area contributed by atoms with Gasteiger partial charge in [-0.2, -0.15) is 0 Å². The second-order valence-electron chi connectivity index (χ2n) is 6.00. The van der Waals surface area contributed by atoms with E-state index in [-0.39, 0.29) is 11.3 Å². The average molecular weight is 305 g/mol. The van der Waals surface area contributed by atoms with Gasteiger partial charge in [0.15, 0.2) is 0 Å². The number of phenolic OH excluding ortho intramolecular Hbond substituents is 1. The lowest BCUT2D eigenvalue weighted by molar-refractivity contribution is -0.161. The Kier molecular flexibility index (Phi) is 4.64. The largest absolute Gasteiger partial charge is 0.562 e. The van der Waals surface area contributed by atoms with Crippen LogP contribution in [-0.4, -0.2) is 31.3 Å². The maximum absolute atomic E-state index is 12.1. The Morgan fingerprint density at radius 1 is 1.32 bits per heavy atom. The zero-order valence-electron chi connectivity index (χ0n) is 12.8. The molecular formula is C15H18BO6. The molecule has 0 atom stereocenters. The number of phenols is 1. The number of benzene rings is 1. The fourth-order valence-corrected chi connectivity index (χ4v) is 1.93. The Labute approximate surface area is 129 Å². The highest BCUT2D eigenvalue weighted by Gasteiger charge is 2.26. The van der Waals surface area contributed by atoms with Gasteiger partial charge in [-0.25, -0.2) is 4.79 Å². The maximum Gasteiger partial charge on any atom is 0.370 e. The molecule has 1 aromatic rings. The first-order chi connectivity index (χ1) is 10.3. The van der Waals surface area contributed by atoms with Gasteiger partial charge in [-0.15, -0.1) is 0 Å². The standard InChI is InChI=1S/C15H18BO6/c1-15(2,3)14(19)21-8-20-13(18)11-10(17)5-4-9-6-7-16-22-12(9)11/h4-5,17H,6-8H2,1-3H3. The van der Waals surface area contributed by atoms with Crippen molar-refractivity contribution in [1.82, 2.24) is 0 Å². The fourth-order valence-electron chi connectivity index (χ4n) is 1.93. The molecule has 0 saturated heterocycles. The van der Waals surface area contributed by atoms with Crippen LogP contribution in [0, 0.1) is 5.41 Å². The molecule has 0 unspecified atom stereocenters. The topological polar surface area (TPSA) is 82.1 Å². The van der Waals surface area contributed by atoms with Gasteiger partial charge in [-0.05, 0) is 45.1 Å². The van der Waals surface area contributed by atoms with Crippen molar-refractivity contribution in [2.24, 2.45) is 5.41 Å². The highest BCUT2D eigenvalue weighted by Crippen LogP contribution is 2.35. The number of fused-ring (bicyclic) bond motifs is 1. The highest BCUT2D eigenvalue weighted by molar-refractivity contribution is 6.29. The zero-order chi connectivity index (χ0) is 16.3. The third kappa shape index (κ3) is 3.53. The van der Waals surface area contributed by atoms with E-state index in [1.165, 1.54) is 6.07 Å². The highest BCUT2D eigenvalue weighted by atomic mass is 16.7. The molecule has 1 aliphatic rings. The van der Waals surface area contributed by atoms with Gasteiger partial charge in [-0.3, -0.25) is 4.79 Å². The molecule has 117 valence electrons. The third-order valence-corrected chi connectivity index (χ3v) is 3.15. The second kappa shape index (κ2) is 6.29. The summed E-state index contributed by atoms with van der Waals surface area (Å²) in [6.07, 6.45) is 1.45. The van der Waals surface area contributed by atoms with E-state index < -0.39 is 24.1 Å². The molecule has 0 spiro atoms. The first-order valence-electron chi connectivity index (χ1n) is 6.98. The van der Waals surface area contributed by atoms with Crippen LogP contribution in [0.5, 0.6) is 11.5 Å². The molecule has 0 saturated carbocycles. The number of hydrogen-bond donors (Lipinski definition) is 1. The minimum Gasteiger partial charge on any atom is -0.562 e. The van der Waals surface area contributed by atoms with Crippen molar-refractivity contribution in [1.29, 1.82) is 0 Å². The molecule has 6 nitrogen and oxygen atoms in total. The number of carbonyl (C=O) groups excluding carboxylic acids is 2. The summed E-state index contributed by atoms with van der Waals surface area (Å²) in [5.41, 5.74) is 0.0811. The average Bonchev–Trinajstić information content (AvgIpc) is 2.45. The number of ether oxygens (including phenoxy) is 2. The molecule has 0 amide bonds. The Hall–Kier alpha value is -2.18. The van der Waals surface area contributed by atoms with Crippen molar-refractivity contribution in [3.05, 3.63) is 23.3 Å². The quantitative estimate of drug-likeness (QED) is 0.523. The molecule has 1 heterocycles. The van der Waals surface area contributed by atoms with E-state index in [2.05, 4.69) is 0 Å². The van der Waals surface area contributed by atoms with Crippen LogP contribution < -0.4 is 4.65 Å². The van der Waals surface area contributed by atoms with Gasteiger partial charge >= 0.3 is 19.4 Å². The molecule has 1 aromatic carbocycles. The molecule has 1 N–H and O–H groups in total. The number of hydrogen-bond acceptors (Lipinski definition) is 6. The minimum atomic E-state index is -0.800. The molecule has 1 radical (unpaired) electrons. The molecule has 22 heavy (non-hydrogen) atoms. The Balaban J connectivity index is 2.06. The number of esters is 2. The van der Waals surface area contributed by atoms with Gasteiger partial charge < -0.3 is 19.2 Å². The van der Waals surface area contributed by atoms with E-state index >= 15 is 0 Å². The van der Waals surface area contributed by atoms with Crippen LogP contribution in [0.15, 0.2) is 12.1 Å². The summed E-state index contributed by atoms with van der Waals surface area (Å²) in [6.45, 7) is 4.57.